The molecule has 0 aliphatic carbocycles. The second-order valence-corrected chi connectivity index (χ2v) is 4.69. The van der Waals surface area contributed by atoms with Crippen LogP contribution in [-0.4, -0.2) is 13.1 Å². The van der Waals surface area contributed by atoms with Gasteiger partial charge in [-0.15, -0.1) is 0 Å². The first kappa shape index (κ1) is 12.7. The van der Waals surface area contributed by atoms with Crippen LogP contribution >= 0.6 is 15.9 Å². The quantitative estimate of drug-likeness (QED) is 0.772. The van der Waals surface area contributed by atoms with Crippen molar-refractivity contribution < 1.29 is 0 Å². The molecule has 0 bridgehead atoms. The molecule has 15 heavy (non-hydrogen) atoms. The molecule has 0 fully saturated rings. The summed E-state index contributed by atoms with van der Waals surface area (Å²) < 4.78 is 1.23. The number of hydrogen-bond donors (Lipinski definition) is 1. The number of nitrogens with one attached hydrogen (secondary N) is 1. The highest BCUT2D eigenvalue weighted by atomic mass is 79.9. The second kappa shape index (κ2) is 7.02. The van der Waals surface area contributed by atoms with Gasteiger partial charge in [-0.25, -0.2) is 0 Å². The van der Waals surface area contributed by atoms with E-state index in [1.807, 2.05) is 0 Å². The Balaban J connectivity index is 2.61. The molecule has 1 atom stereocenters. The van der Waals surface area contributed by atoms with Crippen LogP contribution in [0.2, 0.25) is 0 Å². The molecule has 84 valence electrons. The zero-order valence-corrected chi connectivity index (χ0v) is 11.2. The second-order valence-electron chi connectivity index (χ2n) is 3.83. The molecule has 1 nitrogen and oxygen atoms in total. The number of rotatable bonds is 6. The number of halogens is 1. The first-order chi connectivity index (χ1) is 7.29. The minimum absolute atomic E-state index is 0.618. The van der Waals surface area contributed by atoms with Crippen LogP contribution in [-0.2, 0) is 0 Å². The molecular formula is C13H20BrN. The van der Waals surface area contributed by atoms with Gasteiger partial charge < -0.3 is 5.32 Å². The lowest BCUT2D eigenvalue weighted by atomic mass is 9.96. The lowest BCUT2D eigenvalue weighted by molar-refractivity contribution is 0.566. The molecule has 1 N–H and O–H groups in total. The van der Waals surface area contributed by atoms with E-state index in [9.17, 15) is 0 Å². The average molecular weight is 270 g/mol. The van der Waals surface area contributed by atoms with Crippen LogP contribution in [0.4, 0.5) is 0 Å². The molecule has 0 aliphatic heterocycles. The molecule has 2 heteroatoms. The summed E-state index contributed by atoms with van der Waals surface area (Å²) in [5.41, 5.74) is 1.42. The van der Waals surface area contributed by atoms with Crippen molar-refractivity contribution >= 4 is 15.9 Å². The third-order valence-corrected chi connectivity index (χ3v) is 3.38. The Labute approximate surface area is 101 Å². The summed E-state index contributed by atoms with van der Waals surface area (Å²) in [6.07, 6.45) is 2.38. The van der Waals surface area contributed by atoms with E-state index in [2.05, 4.69) is 59.4 Å². The van der Waals surface area contributed by atoms with Gasteiger partial charge in [0.1, 0.15) is 0 Å². The Kier molecular flexibility index (Phi) is 5.96. The van der Waals surface area contributed by atoms with Crippen molar-refractivity contribution in [3.05, 3.63) is 34.3 Å². The summed E-state index contributed by atoms with van der Waals surface area (Å²) >= 11 is 3.62. The summed E-state index contributed by atoms with van der Waals surface area (Å²) in [6.45, 7) is 6.64. The topological polar surface area (TPSA) is 12.0 Å². The Hall–Kier alpha value is -0.340. The molecule has 0 saturated heterocycles. The summed E-state index contributed by atoms with van der Waals surface area (Å²) in [7, 11) is 0. The molecule has 0 amide bonds. The van der Waals surface area contributed by atoms with Gasteiger partial charge in [0.2, 0.25) is 0 Å². The summed E-state index contributed by atoms with van der Waals surface area (Å²) in [5.74, 6) is 0.618. The lowest BCUT2D eigenvalue weighted by Crippen LogP contribution is -2.22. The van der Waals surface area contributed by atoms with Crippen molar-refractivity contribution in [1.82, 2.24) is 5.32 Å². The van der Waals surface area contributed by atoms with Crippen LogP contribution in [0.25, 0.3) is 0 Å². The van der Waals surface area contributed by atoms with Crippen LogP contribution in [0.3, 0.4) is 0 Å². The van der Waals surface area contributed by atoms with Crippen molar-refractivity contribution in [3.63, 3.8) is 0 Å². The van der Waals surface area contributed by atoms with Gasteiger partial charge in [-0.05, 0) is 36.9 Å². The van der Waals surface area contributed by atoms with Crippen LogP contribution in [0.5, 0.6) is 0 Å². The highest BCUT2D eigenvalue weighted by Gasteiger charge is 2.11. The van der Waals surface area contributed by atoms with E-state index in [0.29, 0.717) is 5.92 Å². The Morgan fingerprint density at radius 2 is 2.00 bits per heavy atom. The van der Waals surface area contributed by atoms with Gasteiger partial charge in [0.25, 0.3) is 0 Å². The van der Waals surface area contributed by atoms with E-state index in [0.717, 1.165) is 13.1 Å². The van der Waals surface area contributed by atoms with Gasteiger partial charge in [0.15, 0.2) is 0 Å². The predicted octanol–water partition coefficient (Wildman–Crippen LogP) is 3.94. The van der Waals surface area contributed by atoms with Crippen molar-refractivity contribution in [2.75, 3.05) is 13.1 Å². The minimum Gasteiger partial charge on any atom is -0.316 e. The fourth-order valence-electron chi connectivity index (χ4n) is 1.73. The first-order valence-corrected chi connectivity index (χ1v) is 6.54. The molecular weight excluding hydrogens is 250 g/mol. The highest BCUT2D eigenvalue weighted by molar-refractivity contribution is 9.10. The molecule has 1 aromatic rings. The SMILES string of the molecule is CCCNCC(CC)c1ccccc1Br. The third-order valence-electron chi connectivity index (χ3n) is 2.66. The minimum atomic E-state index is 0.618. The van der Waals surface area contributed by atoms with E-state index in [-0.39, 0.29) is 0 Å². The van der Waals surface area contributed by atoms with Gasteiger partial charge in [-0.2, -0.15) is 0 Å². The maximum Gasteiger partial charge on any atom is 0.0210 e. The van der Waals surface area contributed by atoms with E-state index in [4.69, 9.17) is 0 Å². The molecule has 1 aromatic carbocycles. The molecule has 0 saturated carbocycles. The predicted molar refractivity (Wildman–Crippen MR) is 70.3 cm³/mol. The Morgan fingerprint density at radius 3 is 2.60 bits per heavy atom. The standard InChI is InChI=1S/C13H20BrN/c1-3-9-15-10-11(4-2)12-7-5-6-8-13(12)14/h5-8,11,15H,3-4,9-10H2,1-2H3. The molecule has 0 aliphatic rings. The summed E-state index contributed by atoms with van der Waals surface area (Å²) in [5, 5.41) is 3.49. The largest absolute Gasteiger partial charge is 0.316 e. The fourth-order valence-corrected chi connectivity index (χ4v) is 2.34. The Morgan fingerprint density at radius 1 is 1.27 bits per heavy atom. The Bertz CT molecular complexity index is 286. The van der Waals surface area contributed by atoms with E-state index in [1.54, 1.807) is 0 Å². The zero-order valence-electron chi connectivity index (χ0n) is 9.59. The van der Waals surface area contributed by atoms with Crippen LogP contribution in [0, 0.1) is 0 Å². The van der Waals surface area contributed by atoms with Crippen LogP contribution < -0.4 is 5.32 Å². The van der Waals surface area contributed by atoms with Gasteiger partial charge >= 0.3 is 0 Å². The van der Waals surface area contributed by atoms with Crippen molar-refractivity contribution in [3.8, 4) is 0 Å². The van der Waals surface area contributed by atoms with Crippen LogP contribution in [0.1, 0.15) is 38.2 Å². The number of hydrogen-bond acceptors (Lipinski definition) is 1. The van der Waals surface area contributed by atoms with Crippen molar-refractivity contribution in [1.29, 1.82) is 0 Å². The van der Waals surface area contributed by atoms with Crippen LogP contribution in [0.15, 0.2) is 28.7 Å². The normalized spacial score (nSPS) is 12.7. The van der Waals surface area contributed by atoms with Crippen molar-refractivity contribution in [2.24, 2.45) is 0 Å². The number of benzene rings is 1. The molecule has 0 aromatic heterocycles. The lowest BCUT2D eigenvalue weighted by Gasteiger charge is -2.17. The van der Waals surface area contributed by atoms with E-state index >= 15 is 0 Å². The molecule has 0 radical (unpaired) electrons. The smallest absolute Gasteiger partial charge is 0.0210 e. The summed E-state index contributed by atoms with van der Waals surface area (Å²) in [4.78, 5) is 0. The monoisotopic (exact) mass is 269 g/mol. The zero-order chi connectivity index (χ0) is 11.1. The van der Waals surface area contributed by atoms with Gasteiger partial charge in [0, 0.05) is 11.0 Å². The molecule has 1 rings (SSSR count). The van der Waals surface area contributed by atoms with Gasteiger partial charge in [-0.1, -0.05) is 48.0 Å². The third kappa shape index (κ3) is 3.96. The maximum absolute atomic E-state index is 3.62. The maximum atomic E-state index is 3.62. The first-order valence-electron chi connectivity index (χ1n) is 5.74. The molecule has 0 spiro atoms. The van der Waals surface area contributed by atoms with E-state index in [1.165, 1.54) is 22.9 Å². The summed E-state index contributed by atoms with van der Waals surface area (Å²) in [6, 6.07) is 8.52. The molecule has 0 heterocycles. The fraction of sp³-hybridized carbons (Fsp3) is 0.538. The van der Waals surface area contributed by atoms with E-state index < -0.39 is 0 Å². The average Bonchev–Trinajstić information content (AvgIpc) is 2.26. The van der Waals surface area contributed by atoms with Crippen molar-refractivity contribution in [2.45, 2.75) is 32.6 Å². The molecule has 1 unspecified atom stereocenters. The van der Waals surface area contributed by atoms with Gasteiger partial charge in [-0.3, -0.25) is 0 Å². The highest BCUT2D eigenvalue weighted by Crippen LogP contribution is 2.26. The van der Waals surface area contributed by atoms with Gasteiger partial charge in [0.05, 0.1) is 0 Å².